The van der Waals surface area contributed by atoms with Crippen LogP contribution in [0, 0.1) is 5.92 Å². The van der Waals surface area contributed by atoms with Gasteiger partial charge in [-0.3, -0.25) is 4.39 Å². The Balaban J connectivity index is 2.20. The minimum Gasteiger partial charge on any atom is -0.392 e. The lowest BCUT2D eigenvalue weighted by molar-refractivity contribution is 0.281. The summed E-state index contributed by atoms with van der Waals surface area (Å²) < 4.78 is 12.8. The molecule has 0 heterocycles. The van der Waals surface area contributed by atoms with E-state index in [9.17, 15) is 4.39 Å². The molecule has 1 N–H and O–H groups in total. The lowest BCUT2D eigenvalue weighted by Gasteiger charge is -2.17. The van der Waals surface area contributed by atoms with Crippen LogP contribution in [0.1, 0.15) is 36.3 Å². The highest BCUT2D eigenvalue weighted by atomic mass is 19.1. The molecule has 0 bridgehead atoms. The summed E-state index contributed by atoms with van der Waals surface area (Å²) in [6.07, 6.45) is 3.22. The zero-order valence-electron chi connectivity index (χ0n) is 8.82. The third-order valence-corrected chi connectivity index (χ3v) is 3.42. The normalized spacial score (nSPS) is 25.7. The average Bonchev–Trinajstić information content (AvgIpc) is 2.77. The van der Waals surface area contributed by atoms with Crippen molar-refractivity contribution in [3.05, 3.63) is 35.4 Å². The molecule has 0 spiro atoms. The summed E-state index contributed by atoms with van der Waals surface area (Å²) in [5.74, 6) is 0.556. The fourth-order valence-electron chi connectivity index (χ4n) is 2.58. The van der Waals surface area contributed by atoms with E-state index in [0.29, 0.717) is 5.92 Å². The van der Waals surface area contributed by atoms with Gasteiger partial charge in [-0.05, 0) is 35.8 Å². The van der Waals surface area contributed by atoms with Crippen LogP contribution >= 0.6 is 0 Å². The Bertz CT molecular complexity index is 324. The van der Waals surface area contributed by atoms with Crippen molar-refractivity contribution in [1.82, 2.24) is 0 Å². The van der Waals surface area contributed by atoms with Crippen molar-refractivity contribution in [2.24, 2.45) is 5.92 Å². The van der Waals surface area contributed by atoms with Gasteiger partial charge in [-0.15, -0.1) is 0 Å². The SMILES string of the molecule is OCc1cccc(C2CCCC2CF)c1. The molecule has 0 amide bonds. The molecule has 82 valence electrons. The maximum Gasteiger partial charge on any atom is 0.0928 e. The van der Waals surface area contributed by atoms with Gasteiger partial charge in [0, 0.05) is 0 Å². The second-order valence-electron chi connectivity index (χ2n) is 4.35. The van der Waals surface area contributed by atoms with Crippen molar-refractivity contribution in [2.75, 3.05) is 6.67 Å². The van der Waals surface area contributed by atoms with E-state index >= 15 is 0 Å². The van der Waals surface area contributed by atoms with Crippen LogP contribution in [0.15, 0.2) is 24.3 Å². The molecule has 2 heteroatoms. The number of halogens is 1. The number of hydrogen-bond acceptors (Lipinski definition) is 1. The summed E-state index contributed by atoms with van der Waals surface area (Å²) in [6, 6.07) is 7.92. The molecule has 0 radical (unpaired) electrons. The topological polar surface area (TPSA) is 20.2 Å². The molecule has 1 aliphatic rings. The molecule has 1 aliphatic carbocycles. The predicted molar refractivity (Wildman–Crippen MR) is 58.4 cm³/mol. The van der Waals surface area contributed by atoms with Crippen molar-refractivity contribution >= 4 is 0 Å². The van der Waals surface area contributed by atoms with E-state index < -0.39 is 0 Å². The number of benzene rings is 1. The van der Waals surface area contributed by atoms with Crippen LogP contribution in [0.5, 0.6) is 0 Å². The summed E-state index contributed by atoms with van der Waals surface area (Å²) in [6.45, 7) is -0.144. The molecule has 1 saturated carbocycles. The number of aliphatic hydroxyl groups excluding tert-OH is 1. The molecule has 1 aromatic carbocycles. The summed E-state index contributed by atoms with van der Waals surface area (Å²) in [5.41, 5.74) is 2.12. The van der Waals surface area contributed by atoms with Crippen LogP contribution in [-0.2, 0) is 6.61 Å². The molecule has 1 fully saturated rings. The van der Waals surface area contributed by atoms with Crippen LogP contribution < -0.4 is 0 Å². The lowest BCUT2D eigenvalue weighted by atomic mass is 9.89. The second kappa shape index (κ2) is 4.75. The molecule has 2 rings (SSSR count). The van der Waals surface area contributed by atoms with Crippen LogP contribution in [-0.4, -0.2) is 11.8 Å². The number of hydrogen-bond donors (Lipinski definition) is 1. The van der Waals surface area contributed by atoms with Gasteiger partial charge in [0.15, 0.2) is 0 Å². The number of aliphatic hydroxyl groups is 1. The first-order chi connectivity index (χ1) is 7.35. The zero-order valence-corrected chi connectivity index (χ0v) is 8.82. The van der Waals surface area contributed by atoms with Gasteiger partial charge in [0.05, 0.1) is 13.3 Å². The Kier molecular flexibility index (Phi) is 3.37. The average molecular weight is 208 g/mol. The van der Waals surface area contributed by atoms with Crippen molar-refractivity contribution in [1.29, 1.82) is 0 Å². The summed E-state index contributed by atoms with van der Waals surface area (Å²) in [5, 5.41) is 9.05. The minimum atomic E-state index is -0.214. The van der Waals surface area contributed by atoms with Crippen molar-refractivity contribution in [2.45, 2.75) is 31.8 Å². The Morgan fingerprint density at radius 1 is 1.33 bits per heavy atom. The van der Waals surface area contributed by atoms with Gasteiger partial charge in [0.2, 0.25) is 0 Å². The van der Waals surface area contributed by atoms with E-state index in [1.165, 1.54) is 5.56 Å². The highest BCUT2D eigenvalue weighted by Gasteiger charge is 2.28. The van der Waals surface area contributed by atoms with Gasteiger partial charge >= 0.3 is 0 Å². The quantitative estimate of drug-likeness (QED) is 0.809. The molecular weight excluding hydrogens is 191 g/mol. The van der Waals surface area contributed by atoms with E-state index in [0.717, 1.165) is 24.8 Å². The molecule has 15 heavy (non-hydrogen) atoms. The maximum atomic E-state index is 12.8. The van der Waals surface area contributed by atoms with Crippen LogP contribution in [0.3, 0.4) is 0 Å². The molecule has 0 aliphatic heterocycles. The Labute approximate surface area is 89.9 Å². The van der Waals surface area contributed by atoms with Crippen molar-refractivity contribution < 1.29 is 9.50 Å². The van der Waals surface area contributed by atoms with Crippen LogP contribution in [0.4, 0.5) is 4.39 Å². The van der Waals surface area contributed by atoms with E-state index in [4.69, 9.17) is 5.11 Å². The minimum absolute atomic E-state index is 0.0703. The summed E-state index contributed by atoms with van der Waals surface area (Å²) >= 11 is 0. The fraction of sp³-hybridized carbons (Fsp3) is 0.538. The van der Waals surface area contributed by atoms with Crippen LogP contribution in [0.25, 0.3) is 0 Å². The molecule has 1 aromatic rings. The predicted octanol–water partition coefficient (Wildman–Crippen LogP) is 3.03. The summed E-state index contributed by atoms with van der Waals surface area (Å²) in [4.78, 5) is 0. The van der Waals surface area contributed by atoms with Gasteiger partial charge in [0.25, 0.3) is 0 Å². The first-order valence-electron chi connectivity index (χ1n) is 5.61. The Hall–Kier alpha value is -0.890. The van der Waals surface area contributed by atoms with Gasteiger partial charge in [0.1, 0.15) is 0 Å². The maximum absolute atomic E-state index is 12.8. The summed E-state index contributed by atoms with van der Waals surface area (Å²) in [7, 11) is 0. The van der Waals surface area contributed by atoms with Crippen LogP contribution in [0.2, 0.25) is 0 Å². The second-order valence-corrected chi connectivity index (χ2v) is 4.35. The first kappa shape index (κ1) is 10.6. The molecule has 1 nitrogen and oxygen atoms in total. The number of rotatable bonds is 3. The van der Waals surface area contributed by atoms with Crippen molar-refractivity contribution in [3.63, 3.8) is 0 Å². The van der Waals surface area contributed by atoms with Gasteiger partial charge in [-0.25, -0.2) is 0 Å². The first-order valence-corrected chi connectivity index (χ1v) is 5.61. The molecule has 0 saturated heterocycles. The Morgan fingerprint density at radius 3 is 2.93 bits per heavy atom. The molecular formula is C13H17FO. The smallest absolute Gasteiger partial charge is 0.0928 e. The van der Waals surface area contributed by atoms with Gasteiger partial charge < -0.3 is 5.11 Å². The van der Waals surface area contributed by atoms with E-state index in [1.807, 2.05) is 18.2 Å². The zero-order chi connectivity index (χ0) is 10.7. The highest BCUT2D eigenvalue weighted by molar-refractivity contribution is 5.27. The van der Waals surface area contributed by atoms with Crippen molar-refractivity contribution in [3.8, 4) is 0 Å². The third kappa shape index (κ3) is 2.20. The van der Waals surface area contributed by atoms with Gasteiger partial charge in [-0.2, -0.15) is 0 Å². The standard InChI is InChI=1S/C13H17FO/c14-8-12-5-2-6-13(12)11-4-1-3-10(7-11)9-15/h1,3-4,7,12-13,15H,2,5-6,8-9H2. The van der Waals surface area contributed by atoms with Gasteiger partial charge in [-0.1, -0.05) is 30.7 Å². The fourth-order valence-corrected chi connectivity index (χ4v) is 2.58. The largest absolute Gasteiger partial charge is 0.392 e. The monoisotopic (exact) mass is 208 g/mol. The van der Waals surface area contributed by atoms with E-state index in [1.54, 1.807) is 0 Å². The molecule has 0 aromatic heterocycles. The Morgan fingerprint density at radius 2 is 2.20 bits per heavy atom. The number of alkyl halides is 1. The highest BCUT2D eigenvalue weighted by Crippen LogP contribution is 2.39. The molecule has 2 unspecified atom stereocenters. The van der Waals surface area contributed by atoms with E-state index in [-0.39, 0.29) is 19.2 Å². The third-order valence-electron chi connectivity index (χ3n) is 3.42. The molecule has 2 atom stereocenters. The lowest BCUT2D eigenvalue weighted by Crippen LogP contribution is -2.08. The van der Waals surface area contributed by atoms with E-state index in [2.05, 4.69) is 6.07 Å².